The third kappa shape index (κ3) is 5.89. The van der Waals surface area contributed by atoms with Gasteiger partial charge in [0, 0.05) is 17.5 Å². The van der Waals surface area contributed by atoms with E-state index in [1.807, 2.05) is 19.2 Å². The number of amides is 2. The number of thiophene rings is 1. The number of benzene rings is 2. The molecule has 202 valence electrons. The van der Waals surface area contributed by atoms with Gasteiger partial charge in [-0.25, -0.2) is 18.2 Å². The molecule has 1 aliphatic rings. The number of rotatable bonds is 8. The van der Waals surface area contributed by atoms with Gasteiger partial charge in [0.2, 0.25) is 11.8 Å². The molecule has 4 rings (SSSR count). The van der Waals surface area contributed by atoms with Crippen LogP contribution in [-0.4, -0.2) is 47.9 Å². The SMILES string of the molecule is CC.CC1(C(=O)NCC(=O)NCCO)C(c2cccs2)C(c2ccc(F)cc2)=NN1c1ccc(F)cc1F. The molecule has 2 amide bonds. The lowest BCUT2D eigenvalue weighted by Crippen LogP contribution is -2.58. The van der Waals surface area contributed by atoms with Crippen LogP contribution < -0.4 is 15.6 Å². The van der Waals surface area contributed by atoms with Crippen LogP contribution in [0.25, 0.3) is 0 Å². The Morgan fingerprint density at radius 3 is 2.34 bits per heavy atom. The van der Waals surface area contributed by atoms with E-state index in [4.69, 9.17) is 5.11 Å². The number of aliphatic hydroxyl groups is 1. The maximum Gasteiger partial charge on any atom is 0.249 e. The van der Waals surface area contributed by atoms with Gasteiger partial charge in [0.1, 0.15) is 11.6 Å². The third-order valence-corrected chi connectivity index (χ3v) is 6.83. The minimum Gasteiger partial charge on any atom is -0.395 e. The fraction of sp³-hybridized carbons (Fsp3) is 0.296. The molecular formula is C27H29F3N4O3S. The minimum absolute atomic E-state index is 0.0224. The summed E-state index contributed by atoms with van der Waals surface area (Å²) in [6.07, 6.45) is 0. The Morgan fingerprint density at radius 2 is 1.74 bits per heavy atom. The fourth-order valence-corrected chi connectivity index (χ4v) is 5.10. The van der Waals surface area contributed by atoms with Gasteiger partial charge >= 0.3 is 0 Å². The first-order valence-corrected chi connectivity index (χ1v) is 12.9. The van der Waals surface area contributed by atoms with Crippen molar-refractivity contribution in [2.75, 3.05) is 24.7 Å². The molecule has 3 aromatic rings. The van der Waals surface area contributed by atoms with Crippen molar-refractivity contribution < 1.29 is 27.9 Å². The average molecular weight is 547 g/mol. The van der Waals surface area contributed by atoms with Gasteiger partial charge in [0.25, 0.3) is 0 Å². The van der Waals surface area contributed by atoms with E-state index >= 15 is 0 Å². The number of nitrogens with one attached hydrogen (secondary N) is 2. The summed E-state index contributed by atoms with van der Waals surface area (Å²) in [5.41, 5.74) is -0.842. The van der Waals surface area contributed by atoms with Crippen LogP contribution >= 0.6 is 11.3 Å². The van der Waals surface area contributed by atoms with Crippen LogP contribution in [0.15, 0.2) is 65.1 Å². The maximum atomic E-state index is 15.0. The summed E-state index contributed by atoms with van der Waals surface area (Å²) >= 11 is 1.36. The van der Waals surface area contributed by atoms with Crippen LogP contribution in [0, 0.1) is 17.5 Å². The van der Waals surface area contributed by atoms with Crippen molar-refractivity contribution in [1.82, 2.24) is 10.6 Å². The summed E-state index contributed by atoms with van der Waals surface area (Å²) in [7, 11) is 0. The standard InChI is InChI=1S/C25H23F3N4O3S.C2H6/c1-25(24(35)30-14-21(34)29-10-11-33)22(20-3-2-12-36-20)23(15-4-6-16(26)7-5-15)31-32(25)19-9-8-17(27)13-18(19)28;1-2/h2-9,12-13,22,33H,10-11,14H2,1H3,(H,29,34)(H,30,35);1-2H3. The minimum atomic E-state index is -1.59. The Labute approximate surface area is 223 Å². The number of aliphatic hydroxyl groups excluding tert-OH is 1. The van der Waals surface area contributed by atoms with E-state index in [1.54, 1.807) is 19.1 Å². The normalized spacial score (nSPS) is 18.3. The van der Waals surface area contributed by atoms with Gasteiger partial charge in [-0.3, -0.25) is 9.59 Å². The molecule has 0 fully saturated rings. The molecule has 0 saturated carbocycles. The molecule has 0 bridgehead atoms. The molecular weight excluding hydrogens is 517 g/mol. The van der Waals surface area contributed by atoms with E-state index in [-0.39, 0.29) is 18.8 Å². The van der Waals surface area contributed by atoms with E-state index in [2.05, 4.69) is 15.7 Å². The Balaban J connectivity index is 0.00000195. The largest absolute Gasteiger partial charge is 0.395 e. The number of anilines is 1. The van der Waals surface area contributed by atoms with Gasteiger partial charge in [-0.1, -0.05) is 32.0 Å². The van der Waals surface area contributed by atoms with Gasteiger partial charge in [-0.2, -0.15) is 5.10 Å². The highest BCUT2D eigenvalue weighted by Crippen LogP contribution is 2.46. The number of halogens is 3. The molecule has 0 radical (unpaired) electrons. The zero-order valence-electron chi connectivity index (χ0n) is 21.2. The highest BCUT2D eigenvalue weighted by Gasteiger charge is 2.55. The van der Waals surface area contributed by atoms with E-state index in [1.165, 1.54) is 46.7 Å². The Hall–Kier alpha value is -3.70. The summed E-state index contributed by atoms with van der Waals surface area (Å²) in [5, 5.41) is 21.5. The number of carbonyl (C=O) groups excluding carboxylic acids is 2. The maximum absolute atomic E-state index is 15.0. The molecule has 0 aliphatic carbocycles. The molecule has 2 atom stereocenters. The number of hydrogen-bond acceptors (Lipinski definition) is 6. The van der Waals surface area contributed by atoms with Gasteiger partial charge < -0.3 is 15.7 Å². The molecule has 38 heavy (non-hydrogen) atoms. The lowest BCUT2D eigenvalue weighted by atomic mass is 9.78. The predicted octanol–water partition coefficient (Wildman–Crippen LogP) is 4.18. The highest BCUT2D eigenvalue weighted by molar-refractivity contribution is 7.10. The molecule has 0 spiro atoms. The zero-order chi connectivity index (χ0) is 27.9. The average Bonchev–Trinajstić information content (AvgIpc) is 3.54. The van der Waals surface area contributed by atoms with E-state index < -0.39 is 47.3 Å². The van der Waals surface area contributed by atoms with Crippen molar-refractivity contribution >= 4 is 34.6 Å². The van der Waals surface area contributed by atoms with E-state index in [0.29, 0.717) is 17.3 Å². The van der Waals surface area contributed by atoms with Crippen molar-refractivity contribution in [3.8, 4) is 0 Å². The van der Waals surface area contributed by atoms with Crippen LogP contribution in [0.1, 0.15) is 37.1 Å². The van der Waals surface area contributed by atoms with Crippen LogP contribution in [-0.2, 0) is 9.59 Å². The summed E-state index contributed by atoms with van der Waals surface area (Å²) < 4.78 is 42.4. The fourth-order valence-electron chi connectivity index (χ4n) is 4.15. The van der Waals surface area contributed by atoms with Crippen molar-refractivity contribution in [3.05, 3.63) is 87.9 Å². The van der Waals surface area contributed by atoms with Crippen molar-refractivity contribution in [3.63, 3.8) is 0 Å². The van der Waals surface area contributed by atoms with E-state index in [0.717, 1.165) is 10.9 Å². The summed E-state index contributed by atoms with van der Waals surface area (Å²) in [6.45, 7) is 4.93. The number of nitrogens with zero attached hydrogens (tertiary/aromatic N) is 2. The lowest BCUT2D eigenvalue weighted by Gasteiger charge is -2.37. The predicted molar refractivity (Wildman–Crippen MR) is 142 cm³/mol. The van der Waals surface area contributed by atoms with Gasteiger partial charge in [0.05, 0.1) is 30.5 Å². The van der Waals surface area contributed by atoms with E-state index in [9.17, 15) is 22.8 Å². The summed E-state index contributed by atoms with van der Waals surface area (Å²) in [6, 6.07) is 12.1. The second-order valence-corrected chi connectivity index (χ2v) is 9.23. The van der Waals surface area contributed by atoms with Crippen molar-refractivity contribution in [1.29, 1.82) is 0 Å². The molecule has 2 aromatic carbocycles. The number of hydrazone groups is 1. The smallest absolute Gasteiger partial charge is 0.249 e. The molecule has 2 heterocycles. The lowest BCUT2D eigenvalue weighted by molar-refractivity contribution is -0.129. The van der Waals surface area contributed by atoms with Crippen LogP contribution in [0.3, 0.4) is 0 Å². The van der Waals surface area contributed by atoms with Gasteiger partial charge in [-0.05, 0) is 48.2 Å². The molecule has 2 unspecified atom stereocenters. The molecule has 1 aliphatic heterocycles. The van der Waals surface area contributed by atoms with Crippen molar-refractivity contribution in [2.24, 2.45) is 5.10 Å². The molecule has 7 nitrogen and oxygen atoms in total. The molecule has 3 N–H and O–H groups in total. The van der Waals surface area contributed by atoms with Crippen molar-refractivity contribution in [2.45, 2.75) is 32.2 Å². The Kier molecular flexibility index (Phi) is 9.65. The van der Waals surface area contributed by atoms with Gasteiger partial charge in [0.15, 0.2) is 11.4 Å². The highest BCUT2D eigenvalue weighted by atomic mass is 32.1. The second kappa shape index (κ2) is 12.7. The summed E-state index contributed by atoms with van der Waals surface area (Å²) in [4.78, 5) is 26.5. The first-order chi connectivity index (χ1) is 18.3. The molecule has 0 saturated heterocycles. The zero-order valence-corrected chi connectivity index (χ0v) is 22.0. The van der Waals surface area contributed by atoms with Crippen LogP contribution in [0.5, 0.6) is 0 Å². The van der Waals surface area contributed by atoms with Gasteiger partial charge in [-0.15, -0.1) is 11.3 Å². The monoisotopic (exact) mass is 546 g/mol. The third-order valence-electron chi connectivity index (χ3n) is 5.89. The molecule has 11 heteroatoms. The van der Waals surface area contributed by atoms with Crippen LogP contribution in [0.2, 0.25) is 0 Å². The first kappa shape index (κ1) is 28.9. The summed E-state index contributed by atoms with van der Waals surface area (Å²) in [5.74, 6) is -4.08. The second-order valence-electron chi connectivity index (χ2n) is 8.25. The Morgan fingerprint density at radius 1 is 1.05 bits per heavy atom. The topological polar surface area (TPSA) is 94.0 Å². The quantitative estimate of drug-likeness (QED) is 0.395. The number of hydrogen-bond donors (Lipinski definition) is 3. The number of carbonyl (C=O) groups is 2. The van der Waals surface area contributed by atoms with Crippen LogP contribution in [0.4, 0.5) is 18.9 Å². The Bertz CT molecular complexity index is 1290. The first-order valence-electron chi connectivity index (χ1n) is 12.0. The molecule has 1 aromatic heterocycles.